The van der Waals surface area contributed by atoms with Gasteiger partial charge in [-0.25, -0.2) is 0 Å². The highest BCUT2D eigenvalue weighted by atomic mass is 15.3. The molecular weight excluding hydrogens is 262 g/mol. The van der Waals surface area contributed by atoms with Crippen molar-refractivity contribution < 1.29 is 0 Å². The Morgan fingerprint density at radius 2 is 1.90 bits per heavy atom. The zero-order chi connectivity index (χ0) is 15.8. The first kappa shape index (κ1) is 15.6. The molecule has 0 amide bonds. The van der Waals surface area contributed by atoms with E-state index in [4.69, 9.17) is 0 Å². The van der Waals surface area contributed by atoms with Gasteiger partial charge >= 0.3 is 0 Å². The van der Waals surface area contributed by atoms with E-state index in [-0.39, 0.29) is 5.54 Å². The van der Waals surface area contributed by atoms with Crippen LogP contribution in [0, 0.1) is 13.8 Å². The third kappa shape index (κ3) is 3.28. The fourth-order valence-electron chi connectivity index (χ4n) is 2.43. The van der Waals surface area contributed by atoms with Crippen molar-refractivity contribution in [2.45, 2.75) is 66.6 Å². The Morgan fingerprint density at radius 1 is 1.24 bits per heavy atom. The molecule has 2 rings (SSSR count). The maximum atomic E-state index is 4.60. The normalized spacial score (nSPS) is 12.2. The van der Waals surface area contributed by atoms with Crippen molar-refractivity contribution in [3.63, 3.8) is 0 Å². The lowest BCUT2D eigenvalue weighted by Gasteiger charge is -2.18. The van der Waals surface area contributed by atoms with Gasteiger partial charge in [-0.3, -0.25) is 9.36 Å². The average molecular weight is 289 g/mol. The minimum Gasteiger partial charge on any atom is -0.378 e. The van der Waals surface area contributed by atoms with Crippen molar-refractivity contribution in [3.05, 3.63) is 29.3 Å². The van der Waals surface area contributed by atoms with Crippen LogP contribution in [0.25, 0.3) is 0 Å². The van der Waals surface area contributed by atoms with Gasteiger partial charge in [0.05, 0.1) is 28.8 Å². The van der Waals surface area contributed by atoms with Gasteiger partial charge in [-0.1, -0.05) is 0 Å². The summed E-state index contributed by atoms with van der Waals surface area (Å²) in [4.78, 5) is 0. The number of nitrogens with zero attached hydrogens (tertiary/aromatic N) is 4. The van der Waals surface area contributed by atoms with Gasteiger partial charge in [0.2, 0.25) is 0 Å². The van der Waals surface area contributed by atoms with Crippen LogP contribution in [-0.2, 0) is 12.1 Å². The van der Waals surface area contributed by atoms with Gasteiger partial charge in [-0.2, -0.15) is 10.2 Å². The number of hydrogen-bond acceptors (Lipinski definition) is 3. The van der Waals surface area contributed by atoms with Crippen LogP contribution in [0.15, 0.2) is 12.4 Å². The summed E-state index contributed by atoms with van der Waals surface area (Å²) in [6.07, 6.45) is 4.03. The Morgan fingerprint density at radius 3 is 2.38 bits per heavy atom. The van der Waals surface area contributed by atoms with Gasteiger partial charge in [0.15, 0.2) is 0 Å². The maximum absolute atomic E-state index is 4.60. The highest BCUT2D eigenvalue weighted by molar-refractivity contribution is 5.52. The van der Waals surface area contributed by atoms with Gasteiger partial charge in [0, 0.05) is 24.3 Å². The standard InChI is InChI=1S/C16H27N5/c1-11(2)21-13(4)15(12(3)19-21)17-8-14-9-18-20(10-14)16(5,6)7/h9-11,17H,8H2,1-7H3. The molecule has 0 fully saturated rings. The smallest absolute Gasteiger partial charge is 0.0828 e. The molecule has 116 valence electrons. The lowest BCUT2D eigenvalue weighted by atomic mass is 10.1. The maximum Gasteiger partial charge on any atom is 0.0828 e. The van der Waals surface area contributed by atoms with E-state index in [0.29, 0.717) is 6.04 Å². The Kier molecular flexibility index (Phi) is 4.12. The van der Waals surface area contributed by atoms with E-state index < -0.39 is 0 Å². The highest BCUT2D eigenvalue weighted by Gasteiger charge is 2.15. The molecule has 0 saturated heterocycles. The van der Waals surface area contributed by atoms with E-state index in [1.807, 2.05) is 17.8 Å². The molecule has 0 atom stereocenters. The van der Waals surface area contributed by atoms with E-state index in [2.05, 4.69) is 67.9 Å². The Hall–Kier alpha value is -1.78. The second kappa shape index (κ2) is 5.54. The molecule has 5 heteroatoms. The summed E-state index contributed by atoms with van der Waals surface area (Å²) in [5.74, 6) is 0. The van der Waals surface area contributed by atoms with Crippen LogP contribution in [0.3, 0.4) is 0 Å². The molecule has 21 heavy (non-hydrogen) atoms. The summed E-state index contributed by atoms with van der Waals surface area (Å²) in [5, 5.41) is 12.5. The first-order valence-electron chi connectivity index (χ1n) is 7.53. The summed E-state index contributed by atoms with van der Waals surface area (Å²) >= 11 is 0. The van der Waals surface area contributed by atoms with Crippen molar-refractivity contribution >= 4 is 5.69 Å². The van der Waals surface area contributed by atoms with Crippen LogP contribution in [0.4, 0.5) is 5.69 Å². The minimum atomic E-state index is 0.0204. The molecule has 0 aliphatic rings. The molecule has 2 aromatic heterocycles. The molecule has 0 aliphatic carbocycles. The SMILES string of the molecule is Cc1nn(C(C)C)c(C)c1NCc1cnn(C(C)(C)C)c1. The lowest BCUT2D eigenvalue weighted by molar-refractivity contribution is 0.355. The molecule has 2 aromatic rings. The van der Waals surface area contributed by atoms with Crippen molar-refractivity contribution in [1.82, 2.24) is 19.6 Å². The molecule has 0 aliphatic heterocycles. The second-order valence-corrected chi connectivity index (χ2v) is 6.90. The van der Waals surface area contributed by atoms with E-state index in [0.717, 1.165) is 17.9 Å². The molecule has 1 N–H and O–H groups in total. The predicted molar refractivity (Wildman–Crippen MR) is 86.6 cm³/mol. The second-order valence-electron chi connectivity index (χ2n) is 6.90. The topological polar surface area (TPSA) is 47.7 Å². The fourth-order valence-corrected chi connectivity index (χ4v) is 2.43. The molecule has 0 bridgehead atoms. The van der Waals surface area contributed by atoms with E-state index in [1.165, 1.54) is 11.3 Å². The Bertz CT molecular complexity index is 613. The molecular formula is C16H27N5. The van der Waals surface area contributed by atoms with Gasteiger partial charge in [-0.15, -0.1) is 0 Å². The van der Waals surface area contributed by atoms with E-state index >= 15 is 0 Å². The van der Waals surface area contributed by atoms with Crippen LogP contribution >= 0.6 is 0 Å². The van der Waals surface area contributed by atoms with Crippen molar-refractivity contribution in [2.75, 3.05) is 5.32 Å². The molecule has 5 nitrogen and oxygen atoms in total. The first-order chi connectivity index (χ1) is 9.70. The first-order valence-corrected chi connectivity index (χ1v) is 7.53. The zero-order valence-corrected chi connectivity index (χ0v) is 14.2. The summed E-state index contributed by atoms with van der Waals surface area (Å²) in [6, 6.07) is 0.378. The quantitative estimate of drug-likeness (QED) is 0.934. The van der Waals surface area contributed by atoms with Gasteiger partial charge in [-0.05, 0) is 48.5 Å². The van der Waals surface area contributed by atoms with E-state index in [1.54, 1.807) is 0 Å². The lowest BCUT2D eigenvalue weighted by Crippen LogP contribution is -2.22. The Balaban J connectivity index is 2.12. The summed E-state index contributed by atoms with van der Waals surface area (Å²) in [6.45, 7) is 15.7. The van der Waals surface area contributed by atoms with Crippen LogP contribution in [-0.4, -0.2) is 19.6 Å². The number of rotatable bonds is 4. The average Bonchev–Trinajstić information content (AvgIpc) is 2.93. The van der Waals surface area contributed by atoms with Crippen LogP contribution in [0.2, 0.25) is 0 Å². The van der Waals surface area contributed by atoms with Gasteiger partial charge in [0.1, 0.15) is 0 Å². The Labute approximate surface area is 127 Å². The number of nitrogens with one attached hydrogen (secondary N) is 1. The van der Waals surface area contributed by atoms with Crippen molar-refractivity contribution in [2.24, 2.45) is 0 Å². The largest absolute Gasteiger partial charge is 0.378 e. The fraction of sp³-hybridized carbons (Fsp3) is 0.625. The zero-order valence-electron chi connectivity index (χ0n) is 14.2. The molecule has 2 heterocycles. The third-order valence-electron chi connectivity index (χ3n) is 3.61. The number of aromatic nitrogens is 4. The van der Waals surface area contributed by atoms with Crippen LogP contribution in [0.5, 0.6) is 0 Å². The monoisotopic (exact) mass is 289 g/mol. The summed E-state index contributed by atoms with van der Waals surface area (Å²) < 4.78 is 4.07. The predicted octanol–water partition coefficient (Wildman–Crippen LogP) is 3.64. The van der Waals surface area contributed by atoms with Gasteiger partial charge in [0.25, 0.3) is 0 Å². The van der Waals surface area contributed by atoms with E-state index in [9.17, 15) is 0 Å². The van der Waals surface area contributed by atoms with Crippen LogP contribution < -0.4 is 5.32 Å². The highest BCUT2D eigenvalue weighted by Crippen LogP contribution is 2.23. The molecule has 0 saturated carbocycles. The van der Waals surface area contributed by atoms with Gasteiger partial charge < -0.3 is 5.32 Å². The molecule has 0 aromatic carbocycles. The van der Waals surface area contributed by atoms with Crippen molar-refractivity contribution in [1.29, 1.82) is 0 Å². The molecule has 0 spiro atoms. The summed E-state index contributed by atoms with van der Waals surface area (Å²) in [7, 11) is 0. The van der Waals surface area contributed by atoms with Crippen LogP contribution in [0.1, 0.15) is 57.6 Å². The number of anilines is 1. The number of hydrogen-bond donors (Lipinski definition) is 1. The molecule has 0 radical (unpaired) electrons. The third-order valence-corrected chi connectivity index (χ3v) is 3.61. The van der Waals surface area contributed by atoms with Crippen molar-refractivity contribution in [3.8, 4) is 0 Å². The molecule has 0 unspecified atom stereocenters. The summed E-state index contributed by atoms with van der Waals surface area (Å²) in [5.41, 5.74) is 4.57. The minimum absolute atomic E-state index is 0.0204. The number of aryl methyl sites for hydroxylation is 1.